The Morgan fingerprint density at radius 1 is 0.875 bits per heavy atom. The van der Waals surface area contributed by atoms with Crippen molar-refractivity contribution in [2.45, 2.75) is 38.7 Å². The van der Waals surface area contributed by atoms with Gasteiger partial charge in [-0.15, -0.1) is 0 Å². The van der Waals surface area contributed by atoms with Gasteiger partial charge in [0.05, 0.1) is 0 Å². The highest BCUT2D eigenvalue weighted by Gasteiger charge is 2.36. The minimum absolute atomic E-state index is 0.927. The van der Waals surface area contributed by atoms with Crippen molar-refractivity contribution in [3.05, 3.63) is 0 Å². The smallest absolute Gasteiger partial charge is 0.377 e. The minimum atomic E-state index is -2.27. The van der Waals surface area contributed by atoms with Gasteiger partial charge in [-0.3, -0.25) is 0 Å². The summed E-state index contributed by atoms with van der Waals surface area (Å²) >= 11 is 0. The Bertz CT molecular complexity index is 124. The molecule has 0 saturated heterocycles. The first-order valence-electron chi connectivity index (χ1n) is 5.90. The van der Waals surface area contributed by atoms with Crippen LogP contribution in [0.15, 0.2) is 0 Å². The average molecular weight is 251 g/mol. The highest BCUT2D eigenvalue weighted by Crippen LogP contribution is 2.17. The quantitative estimate of drug-likeness (QED) is 0.531. The van der Waals surface area contributed by atoms with Crippen LogP contribution in [0.3, 0.4) is 0 Å². The largest absolute Gasteiger partial charge is 0.500 e. The van der Waals surface area contributed by atoms with Crippen molar-refractivity contribution in [1.82, 2.24) is 5.32 Å². The zero-order valence-corrected chi connectivity index (χ0v) is 12.8. The predicted molar refractivity (Wildman–Crippen MR) is 70.7 cm³/mol. The van der Waals surface area contributed by atoms with Crippen molar-refractivity contribution < 1.29 is 13.3 Å². The van der Waals surface area contributed by atoms with Crippen molar-refractivity contribution in [2.24, 2.45) is 0 Å². The van der Waals surface area contributed by atoms with Gasteiger partial charge < -0.3 is 18.6 Å². The Kier molecular flexibility index (Phi) is 15.1. The first kappa shape index (κ1) is 18.4. The molecule has 0 aromatic carbocycles. The van der Waals surface area contributed by atoms with Crippen LogP contribution in [0.4, 0.5) is 0 Å². The summed E-state index contributed by atoms with van der Waals surface area (Å²) in [6.45, 7) is 2.20. The van der Waals surface area contributed by atoms with Crippen molar-refractivity contribution in [2.75, 3.05) is 35.4 Å². The molecule has 0 bridgehead atoms. The Morgan fingerprint density at radius 3 is 1.62 bits per heavy atom. The zero-order chi connectivity index (χ0) is 12.9. The van der Waals surface area contributed by atoms with E-state index in [0.29, 0.717) is 0 Å². The van der Waals surface area contributed by atoms with Gasteiger partial charge in [0.15, 0.2) is 0 Å². The molecule has 0 unspecified atom stereocenters. The number of rotatable bonds is 8. The molecule has 0 atom stereocenters. The lowest BCUT2D eigenvalue weighted by molar-refractivity contribution is 0.122. The summed E-state index contributed by atoms with van der Waals surface area (Å²) in [5.74, 6) is 0. The van der Waals surface area contributed by atoms with Crippen LogP contribution in [-0.2, 0) is 13.3 Å². The Hall–Kier alpha value is 0.0569. The molecule has 0 rings (SSSR count). The first-order chi connectivity index (χ1) is 7.66. The summed E-state index contributed by atoms with van der Waals surface area (Å²) in [7, 11) is 6.48. The summed E-state index contributed by atoms with van der Waals surface area (Å²) in [4.78, 5) is 0. The normalized spacial score (nSPS) is 10.9. The van der Waals surface area contributed by atoms with E-state index in [2.05, 4.69) is 12.2 Å². The van der Waals surface area contributed by atoms with Crippen LogP contribution >= 0.6 is 0 Å². The van der Waals surface area contributed by atoms with Crippen LogP contribution in [0.5, 0.6) is 0 Å². The molecule has 5 heteroatoms. The Morgan fingerprint density at radius 2 is 1.31 bits per heavy atom. The first-order valence-corrected chi connectivity index (χ1v) is 7.83. The monoisotopic (exact) mass is 251 g/mol. The molecule has 100 valence electrons. The summed E-state index contributed by atoms with van der Waals surface area (Å²) in [6, 6.07) is 0.927. The molecule has 4 nitrogen and oxygen atoms in total. The Balaban J connectivity index is 0. The molecule has 0 aliphatic rings. The van der Waals surface area contributed by atoms with Crippen molar-refractivity contribution in [3.8, 4) is 0 Å². The molecule has 0 aliphatic carbocycles. The van der Waals surface area contributed by atoms with E-state index in [4.69, 9.17) is 13.3 Å². The van der Waals surface area contributed by atoms with Crippen LogP contribution in [0, 0.1) is 0 Å². The fourth-order valence-electron chi connectivity index (χ4n) is 1.32. The fourth-order valence-corrected chi connectivity index (χ4v) is 3.12. The van der Waals surface area contributed by atoms with E-state index in [-0.39, 0.29) is 0 Å². The van der Waals surface area contributed by atoms with Crippen LogP contribution < -0.4 is 5.32 Å². The molecule has 1 N–H and O–H groups in total. The van der Waals surface area contributed by atoms with Gasteiger partial charge in [-0.25, -0.2) is 0 Å². The van der Waals surface area contributed by atoms with E-state index in [1.54, 1.807) is 21.3 Å². The molecule has 16 heavy (non-hydrogen) atoms. The van der Waals surface area contributed by atoms with E-state index < -0.39 is 8.80 Å². The maximum atomic E-state index is 5.31. The lowest BCUT2D eigenvalue weighted by Gasteiger charge is -2.24. The molecule has 0 amide bonds. The number of hydrogen-bond donors (Lipinski definition) is 1. The highest BCUT2D eigenvalue weighted by molar-refractivity contribution is 6.60. The Labute approximate surface area is 102 Å². The second kappa shape index (κ2) is 13.1. The van der Waals surface area contributed by atoms with Gasteiger partial charge in [0.25, 0.3) is 0 Å². The molecule has 0 aromatic rings. The third kappa shape index (κ3) is 9.29. The number of hydrogen-bond acceptors (Lipinski definition) is 4. The predicted octanol–water partition coefficient (Wildman–Crippen LogP) is 2.28. The van der Waals surface area contributed by atoms with Gasteiger partial charge in [-0.05, 0) is 20.5 Å². The summed E-state index contributed by atoms with van der Waals surface area (Å²) in [5.41, 5.74) is 0. The van der Waals surface area contributed by atoms with E-state index in [9.17, 15) is 0 Å². The van der Waals surface area contributed by atoms with E-state index in [1.807, 2.05) is 14.1 Å². The van der Waals surface area contributed by atoms with Gasteiger partial charge in [-0.1, -0.05) is 26.2 Å². The third-order valence-corrected chi connectivity index (χ3v) is 5.10. The standard InChI is InChI=1S/C9H22O3Si.C2H7N/c1-5-6-7-8-9-13(10-2,11-3)12-4;1-3-2/h5-9H2,1-4H3;3H,1-2H3. The summed E-state index contributed by atoms with van der Waals surface area (Å²) in [6.07, 6.45) is 4.90. The van der Waals surface area contributed by atoms with Crippen LogP contribution in [0.1, 0.15) is 32.6 Å². The average Bonchev–Trinajstić information content (AvgIpc) is 2.32. The SMILES string of the molecule is CCCCCC[Si](OC)(OC)OC.CNC. The molecule has 0 aliphatic heterocycles. The van der Waals surface area contributed by atoms with Gasteiger partial charge in [0.2, 0.25) is 0 Å². The molecule has 0 aromatic heterocycles. The summed E-state index contributed by atoms with van der Waals surface area (Å²) < 4.78 is 15.9. The molecule has 0 spiro atoms. The lowest BCUT2D eigenvalue weighted by atomic mass is 10.2. The van der Waals surface area contributed by atoms with Gasteiger partial charge in [-0.2, -0.15) is 0 Å². The van der Waals surface area contributed by atoms with Crippen molar-refractivity contribution >= 4 is 8.80 Å². The van der Waals surface area contributed by atoms with Crippen LogP contribution in [-0.4, -0.2) is 44.2 Å². The number of unbranched alkanes of at least 4 members (excludes halogenated alkanes) is 3. The third-order valence-electron chi connectivity index (χ3n) is 2.27. The maximum Gasteiger partial charge on any atom is 0.500 e. The fraction of sp³-hybridized carbons (Fsp3) is 1.00. The molecular formula is C11H29NO3Si. The van der Waals surface area contributed by atoms with Crippen LogP contribution in [0.25, 0.3) is 0 Å². The zero-order valence-electron chi connectivity index (χ0n) is 11.8. The number of nitrogens with one attached hydrogen (secondary N) is 1. The van der Waals surface area contributed by atoms with Gasteiger partial charge in [0.1, 0.15) is 0 Å². The van der Waals surface area contributed by atoms with E-state index in [0.717, 1.165) is 12.5 Å². The van der Waals surface area contributed by atoms with Crippen molar-refractivity contribution in [3.63, 3.8) is 0 Å². The molecule has 0 heterocycles. The summed E-state index contributed by atoms with van der Waals surface area (Å²) in [5, 5.41) is 2.75. The van der Waals surface area contributed by atoms with Crippen LogP contribution in [0.2, 0.25) is 6.04 Å². The van der Waals surface area contributed by atoms with E-state index >= 15 is 0 Å². The molecule has 0 fully saturated rings. The van der Waals surface area contributed by atoms with Gasteiger partial charge in [0, 0.05) is 27.4 Å². The second-order valence-corrected chi connectivity index (χ2v) is 6.70. The van der Waals surface area contributed by atoms with Crippen molar-refractivity contribution in [1.29, 1.82) is 0 Å². The minimum Gasteiger partial charge on any atom is -0.377 e. The maximum absolute atomic E-state index is 5.31. The topological polar surface area (TPSA) is 39.7 Å². The molecular weight excluding hydrogens is 222 g/mol. The van der Waals surface area contributed by atoms with E-state index in [1.165, 1.54) is 19.3 Å². The molecule has 0 saturated carbocycles. The highest BCUT2D eigenvalue weighted by atomic mass is 28.4. The lowest BCUT2D eigenvalue weighted by Crippen LogP contribution is -2.42. The molecule has 0 radical (unpaired) electrons. The van der Waals surface area contributed by atoms with Gasteiger partial charge >= 0.3 is 8.80 Å². The second-order valence-electron chi connectivity index (χ2n) is 3.61.